The monoisotopic (exact) mass is 412 g/mol. The molecule has 0 radical (unpaired) electrons. The average molecular weight is 412 g/mol. The molecule has 0 fully saturated rings. The van der Waals surface area contributed by atoms with E-state index < -0.39 is 20.9 Å². The molecule has 0 bridgehead atoms. The molecule has 1 aromatic heterocycles. The predicted octanol–water partition coefficient (Wildman–Crippen LogP) is 4.27. The Morgan fingerprint density at radius 2 is 1.69 bits per heavy atom. The van der Waals surface area contributed by atoms with Crippen molar-refractivity contribution in [3.63, 3.8) is 0 Å². The van der Waals surface area contributed by atoms with Gasteiger partial charge in [0.05, 0.1) is 22.0 Å². The predicted molar refractivity (Wildman–Crippen MR) is 109 cm³/mol. The summed E-state index contributed by atoms with van der Waals surface area (Å²) in [6.07, 6.45) is 0.843. The maximum absolute atomic E-state index is 13.2. The summed E-state index contributed by atoms with van der Waals surface area (Å²) in [4.78, 5) is 8.82. The van der Waals surface area contributed by atoms with Gasteiger partial charge in [0.25, 0.3) is 0 Å². The number of nitrogens with zero attached hydrogens (tertiary/aromatic N) is 3. The van der Waals surface area contributed by atoms with Crippen molar-refractivity contribution < 1.29 is 12.8 Å². The fraction of sp³-hybridized carbons (Fsp3) is 0.286. The molecule has 3 aromatic rings. The van der Waals surface area contributed by atoms with Gasteiger partial charge in [-0.25, -0.2) is 22.8 Å². The van der Waals surface area contributed by atoms with Crippen molar-refractivity contribution in [2.75, 3.05) is 11.9 Å². The molecule has 1 atom stereocenters. The smallest absolute Gasteiger partial charge is 0.200 e. The summed E-state index contributed by atoms with van der Waals surface area (Å²) in [6, 6.07) is 13.3. The van der Waals surface area contributed by atoms with E-state index in [1.807, 2.05) is 12.1 Å². The molecule has 1 unspecified atom stereocenters. The van der Waals surface area contributed by atoms with E-state index in [0.29, 0.717) is 23.5 Å². The maximum atomic E-state index is 13.2. The summed E-state index contributed by atoms with van der Waals surface area (Å²) in [5.74, 6) is 0.148. The minimum atomic E-state index is -4.12. The second-order valence-corrected chi connectivity index (χ2v) is 9.10. The SMILES string of the molecule is CC(C)CCNc1nc2ccccc2nc1C(C#N)S(=O)(=O)c1ccc(F)cc1. The first-order chi connectivity index (χ1) is 13.8. The first-order valence-corrected chi connectivity index (χ1v) is 10.8. The molecule has 2 aromatic carbocycles. The summed E-state index contributed by atoms with van der Waals surface area (Å²) in [7, 11) is -4.12. The highest BCUT2D eigenvalue weighted by Crippen LogP contribution is 2.32. The first-order valence-electron chi connectivity index (χ1n) is 9.22. The van der Waals surface area contributed by atoms with Gasteiger partial charge in [-0.05, 0) is 48.7 Å². The van der Waals surface area contributed by atoms with Crippen LogP contribution in [0.25, 0.3) is 11.0 Å². The molecule has 0 saturated carbocycles. The lowest BCUT2D eigenvalue weighted by Gasteiger charge is -2.16. The van der Waals surface area contributed by atoms with Crippen molar-refractivity contribution in [1.82, 2.24) is 9.97 Å². The summed E-state index contributed by atoms with van der Waals surface area (Å²) >= 11 is 0. The summed E-state index contributed by atoms with van der Waals surface area (Å²) < 4.78 is 39.4. The number of rotatable bonds is 7. The highest BCUT2D eigenvalue weighted by Gasteiger charge is 2.33. The number of fused-ring (bicyclic) bond motifs is 1. The van der Waals surface area contributed by atoms with Crippen LogP contribution < -0.4 is 5.32 Å². The molecule has 3 rings (SSSR count). The molecule has 0 spiro atoms. The quantitative estimate of drug-likeness (QED) is 0.583. The van der Waals surface area contributed by atoms with Crippen LogP contribution in [0.2, 0.25) is 0 Å². The minimum absolute atomic E-state index is 0.0410. The number of sulfone groups is 1. The first kappa shape index (κ1) is 20.7. The van der Waals surface area contributed by atoms with Crippen LogP contribution in [0.5, 0.6) is 0 Å². The Hall–Kier alpha value is -3.05. The molecule has 8 heteroatoms. The minimum Gasteiger partial charge on any atom is -0.368 e. The van der Waals surface area contributed by atoms with Gasteiger partial charge in [-0.15, -0.1) is 0 Å². The molecule has 0 amide bonds. The van der Waals surface area contributed by atoms with Crippen LogP contribution in [0.1, 0.15) is 31.2 Å². The highest BCUT2D eigenvalue weighted by atomic mass is 32.2. The van der Waals surface area contributed by atoms with Gasteiger partial charge < -0.3 is 5.32 Å². The van der Waals surface area contributed by atoms with E-state index in [2.05, 4.69) is 29.1 Å². The van der Waals surface area contributed by atoms with Gasteiger partial charge in [0, 0.05) is 6.54 Å². The van der Waals surface area contributed by atoms with E-state index in [0.717, 1.165) is 30.7 Å². The molecule has 1 heterocycles. The van der Waals surface area contributed by atoms with Crippen LogP contribution in [0.15, 0.2) is 53.4 Å². The van der Waals surface area contributed by atoms with E-state index >= 15 is 0 Å². The van der Waals surface area contributed by atoms with Crippen molar-refractivity contribution in [2.24, 2.45) is 5.92 Å². The largest absolute Gasteiger partial charge is 0.368 e. The summed E-state index contributed by atoms with van der Waals surface area (Å²) in [6.45, 7) is 4.71. The van der Waals surface area contributed by atoms with Gasteiger partial charge in [-0.1, -0.05) is 26.0 Å². The molecule has 0 aliphatic carbocycles. The summed E-state index contributed by atoms with van der Waals surface area (Å²) in [5.41, 5.74) is 1.13. The zero-order valence-corrected chi connectivity index (χ0v) is 16.9. The third-order valence-corrected chi connectivity index (χ3v) is 6.31. The van der Waals surface area contributed by atoms with Crippen LogP contribution in [-0.4, -0.2) is 24.9 Å². The molecule has 1 N–H and O–H groups in total. The fourth-order valence-corrected chi connectivity index (χ4v) is 4.23. The zero-order chi connectivity index (χ0) is 21.0. The van der Waals surface area contributed by atoms with E-state index in [4.69, 9.17) is 0 Å². The molecule has 0 aliphatic heterocycles. The lowest BCUT2D eigenvalue weighted by Crippen LogP contribution is -2.18. The number of nitriles is 1. The van der Waals surface area contributed by atoms with Crippen molar-refractivity contribution in [1.29, 1.82) is 5.26 Å². The third-order valence-electron chi connectivity index (χ3n) is 4.43. The van der Waals surface area contributed by atoms with Gasteiger partial charge in [-0.3, -0.25) is 0 Å². The normalized spacial score (nSPS) is 12.7. The number of hydrogen-bond acceptors (Lipinski definition) is 6. The number of anilines is 1. The molecule has 6 nitrogen and oxygen atoms in total. The highest BCUT2D eigenvalue weighted by molar-refractivity contribution is 7.92. The fourth-order valence-electron chi connectivity index (χ4n) is 2.84. The Morgan fingerprint density at radius 1 is 1.07 bits per heavy atom. The number of benzene rings is 2. The lowest BCUT2D eigenvalue weighted by molar-refractivity contribution is 0.588. The van der Waals surface area contributed by atoms with Crippen LogP contribution in [0.3, 0.4) is 0 Å². The van der Waals surface area contributed by atoms with Crippen LogP contribution in [0.4, 0.5) is 10.2 Å². The second-order valence-electron chi connectivity index (χ2n) is 7.06. The van der Waals surface area contributed by atoms with Crippen molar-refractivity contribution in [3.05, 3.63) is 60.0 Å². The molecule has 0 saturated heterocycles. The van der Waals surface area contributed by atoms with E-state index in [-0.39, 0.29) is 16.4 Å². The number of nitrogens with one attached hydrogen (secondary N) is 1. The number of aromatic nitrogens is 2. The van der Waals surface area contributed by atoms with Crippen LogP contribution in [-0.2, 0) is 9.84 Å². The van der Waals surface area contributed by atoms with Crippen molar-refractivity contribution >= 4 is 26.7 Å². The Kier molecular flexibility index (Phi) is 6.09. The van der Waals surface area contributed by atoms with Gasteiger partial charge in [0.2, 0.25) is 9.84 Å². The summed E-state index contributed by atoms with van der Waals surface area (Å²) in [5, 5.41) is 11.3. The second kappa shape index (κ2) is 8.53. The molecular formula is C21H21FN4O2S. The van der Waals surface area contributed by atoms with Gasteiger partial charge in [0.1, 0.15) is 11.5 Å². The number of para-hydroxylation sites is 2. The Bertz CT molecular complexity index is 1160. The topological polar surface area (TPSA) is 95.7 Å². The van der Waals surface area contributed by atoms with Crippen LogP contribution in [0, 0.1) is 23.1 Å². The van der Waals surface area contributed by atoms with Crippen molar-refractivity contribution in [2.45, 2.75) is 30.4 Å². The van der Waals surface area contributed by atoms with Crippen LogP contribution >= 0.6 is 0 Å². The Balaban J connectivity index is 2.11. The van der Waals surface area contributed by atoms with Gasteiger partial charge in [0.15, 0.2) is 11.1 Å². The molecule has 29 heavy (non-hydrogen) atoms. The number of hydrogen-bond donors (Lipinski definition) is 1. The molecular weight excluding hydrogens is 391 g/mol. The van der Waals surface area contributed by atoms with Gasteiger partial charge in [-0.2, -0.15) is 5.26 Å². The van der Waals surface area contributed by atoms with Gasteiger partial charge >= 0.3 is 0 Å². The van der Waals surface area contributed by atoms with E-state index in [1.165, 1.54) is 0 Å². The molecule has 150 valence electrons. The Morgan fingerprint density at radius 3 is 2.28 bits per heavy atom. The standard InChI is InChI=1S/C21H21FN4O2S/c1-14(2)11-12-24-21-20(25-17-5-3-4-6-18(17)26-21)19(13-23)29(27,28)16-9-7-15(22)8-10-16/h3-10,14,19H,11-12H2,1-2H3,(H,24,26). The zero-order valence-electron chi connectivity index (χ0n) is 16.1. The van der Waals surface area contributed by atoms with Crippen molar-refractivity contribution in [3.8, 4) is 6.07 Å². The number of halogens is 1. The Labute approximate surface area is 169 Å². The maximum Gasteiger partial charge on any atom is 0.200 e. The average Bonchev–Trinajstić information content (AvgIpc) is 2.68. The third kappa shape index (κ3) is 4.51. The van der Waals surface area contributed by atoms with E-state index in [9.17, 15) is 18.1 Å². The van der Waals surface area contributed by atoms with E-state index in [1.54, 1.807) is 18.2 Å². The molecule has 0 aliphatic rings. The lowest BCUT2D eigenvalue weighted by atomic mass is 10.1.